The number of hydrogen-bond donors (Lipinski definition) is 1. The van der Waals surface area contributed by atoms with Crippen LogP contribution in [0.4, 0.5) is 28.9 Å². The number of imidazole rings is 1. The Labute approximate surface area is 322 Å². The molecule has 3 aromatic carbocycles. The second kappa shape index (κ2) is 21.7. The highest BCUT2D eigenvalue weighted by Gasteiger charge is 2.43. The van der Waals surface area contributed by atoms with Crippen LogP contribution in [0, 0.1) is 23.6 Å². The third-order valence-corrected chi connectivity index (χ3v) is 9.84. The van der Waals surface area contributed by atoms with Crippen molar-refractivity contribution in [1.29, 1.82) is 0 Å². The number of ether oxygens (including phenoxy) is 3. The topological polar surface area (TPSA) is 77.9 Å². The lowest BCUT2D eigenvalue weighted by molar-refractivity contribution is -0.137. The van der Waals surface area contributed by atoms with Gasteiger partial charge in [-0.2, -0.15) is 13.2 Å². The van der Waals surface area contributed by atoms with Crippen LogP contribution in [0.25, 0.3) is 11.0 Å². The van der Waals surface area contributed by atoms with Gasteiger partial charge in [0, 0.05) is 71.4 Å². The highest BCUT2D eigenvalue weighted by atomic mass is 32.2. The lowest BCUT2D eigenvalue weighted by Crippen LogP contribution is -2.39. The first-order valence-corrected chi connectivity index (χ1v) is 18.6. The zero-order chi connectivity index (χ0) is 40.7. The summed E-state index contributed by atoms with van der Waals surface area (Å²) in [4.78, 5) is 19.4. The second-order valence-corrected chi connectivity index (χ2v) is 14.0. The molecule has 0 bridgehead atoms. The van der Waals surface area contributed by atoms with Crippen molar-refractivity contribution in [2.75, 3.05) is 52.2 Å². The molecular weight excluding hydrogens is 721 g/mol. The SMILES string of the molecule is C=C(OC)[C@H]1C(C(=O)Nc2ccc(C(F)(F)F)cc2F)C[C@@H](C)CC1c1ccc(N(C)Sc2ccc3c(c2)nc(CC)n3C)cc1.CC.COC.COC. The minimum Gasteiger partial charge on any atom is -0.501 e. The normalized spacial score (nSPS) is 17.8. The van der Waals surface area contributed by atoms with E-state index in [-0.39, 0.29) is 17.5 Å². The Balaban J connectivity index is 0.00000116. The van der Waals surface area contributed by atoms with Gasteiger partial charge in [0.1, 0.15) is 11.6 Å². The zero-order valence-electron chi connectivity index (χ0n) is 33.3. The number of amides is 1. The molecule has 1 aliphatic rings. The van der Waals surface area contributed by atoms with E-state index in [0.717, 1.165) is 58.0 Å². The number of alkyl halides is 3. The number of carbonyl (C=O) groups is 1. The molecule has 13 heteroatoms. The first kappa shape index (κ1) is 46.1. The molecule has 1 aliphatic carbocycles. The van der Waals surface area contributed by atoms with Crippen molar-refractivity contribution in [2.24, 2.45) is 24.8 Å². The first-order chi connectivity index (χ1) is 25.6. The first-order valence-electron chi connectivity index (χ1n) is 17.8. The molecule has 298 valence electrons. The Kier molecular flexibility index (Phi) is 18.5. The Hall–Kier alpha value is -4.07. The number of hydrogen-bond acceptors (Lipinski definition) is 7. The van der Waals surface area contributed by atoms with E-state index in [4.69, 9.17) is 9.72 Å². The van der Waals surface area contributed by atoms with E-state index < -0.39 is 35.3 Å². The van der Waals surface area contributed by atoms with Crippen molar-refractivity contribution < 1.29 is 36.6 Å². The number of fused-ring (bicyclic) bond motifs is 1. The minimum absolute atomic E-state index is 0.115. The van der Waals surface area contributed by atoms with Gasteiger partial charge in [-0.3, -0.25) is 4.79 Å². The summed E-state index contributed by atoms with van der Waals surface area (Å²) in [5, 5.41) is 2.53. The standard InChI is InChI=1S/C35H38F4N4O2S.2C2H6O.C2H6/c1-7-32-40-30-19-25(13-15-31(30)42(32)4)46-43(5)24-11-8-22(9-12-24)26-16-20(2)17-27(33(26)21(3)45-6)34(44)41-29-14-10-23(18-28(29)36)35(37,38)39;2*1-3-2;1-2/h8-15,18-20,26-27,33H,3,7,16-17H2,1-2,4-6H3,(H,41,44);2*1-2H3;1-2H3/t20-,26?,27?,33+;;;/m0.../s1. The summed E-state index contributed by atoms with van der Waals surface area (Å²) >= 11 is 1.60. The number of carbonyl (C=O) groups excluding carboxylic acids is 1. The number of rotatable bonds is 9. The van der Waals surface area contributed by atoms with Gasteiger partial charge >= 0.3 is 6.18 Å². The van der Waals surface area contributed by atoms with Gasteiger partial charge in [0.2, 0.25) is 5.91 Å². The van der Waals surface area contributed by atoms with E-state index in [1.54, 1.807) is 40.4 Å². The maximum atomic E-state index is 14.6. The largest absolute Gasteiger partial charge is 0.501 e. The molecule has 1 aromatic heterocycles. The molecule has 1 amide bonds. The van der Waals surface area contributed by atoms with Gasteiger partial charge in [-0.15, -0.1) is 0 Å². The van der Waals surface area contributed by atoms with Crippen LogP contribution in [0.2, 0.25) is 0 Å². The Morgan fingerprint density at radius 2 is 1.61 bits per heavy atom. The Morgan fingerprint density at radius 1 is 1.00 bits per heavy atom. The number of nitrogens with zero attached hydrogens (tertiary/aromatic N) is 3. The van der Waals surface area contributed by atoms with Crippen LogP contribution in [0.1, 0.15) is 63.4 Å². The van der Waals surface area contributed by atoms with Crippen LogP contribution in [-0.2, 0) is 38.6 Å². The van der Waals surface area contributed by atoms with Crippen molar-refractivity contribution in [3.63, 3.8) is 0 Å². The molecule has 0 aliphatic heterocycles. The third kappa shape index (κ3) is 12.0. The fourth-order valence-electron chi connectivity index (χ4n) is 6.50. The van der Waals surface area contributed by atoms with Gasteiger partial charge in [0.05, 0.1) is 35.2 Å². The monoisotopic (exact) mass is 776 g/mol. The summed E-state index contributed by atoms with van der Waals surface area (Å²) in [6.07, 6.45) is -2.55. The number of methoxy groups -OCH3 is 3. The van der Waals surface area contributed by atoms with E-state index in [1.165, 1.54) is 7.11 Å². The highest BCUT2D eigenvalue weighted by molar-refractivity contribution is 8.00. The molecule has 2 unspecified atom stereocenters. The van der Waals surface area contributed by atoms with Crippen molar-refractivity contribution in [1.82, 2.24) is 9.55 Å². The number of anilines is 2. The number of halogens is 4. The van der Waals surface area contributed by atoms with E-state index in [9.17, 15) is 22.4 Å². The molecule has 0 spiro atoms. The van der Waals surface area contributed by atoms with E-state index in [2.05, 4.69) is 62.3 Å². The fourth-order valence-corrected chi connectivity index (χ4v) is 7.33. The van der Waals surface area contributed by atoms with E-state index >= 15 is 0 Å². The highest BCUT2D eigenvalue weighted by Crippen LogP contribution is 2.48. The average molecular weight is 777 g/mol. The van der Waals surface area contributed by atoms with Crippen LogP contribution >= 0.6 is 11.9 Å². The van der Waals surface area contributed by atoms with Gasteiger partial charge in [0.15, 0.2) is 0 Å². The van der Waals surface area contributed by atoms with E-state index in [0.29, 0.717) is 18.2 Å². The fraction of sp³-hybridized carbons (Fsp3) is 0.463. The zero-order valence-corrected chi connectivity index (χ0v) is 34.1. The molecule has 1 heterocycles. The van der Waals surface area contributed by atoms with Gasteiger partial charge < -0.3 is 28.4 Å². The number of benzene rings is 3. The molecule has 0 saturated heterocycles. The van der Waals surface area contributed by atoms with Crippen molar-refractivity contribution in [3.05, 3.63) is 95.8 Å². The predicted molar refractivity (Wildman–Crippen MR) is 212 cm³/mol. The molecule has 5 rings (SSSR count). The van der Waals surface area contributed by atoms with Crippen LogP contribution in [-0.4, -0.2) is 58.1 Å². The molecule has 4 aromatic rings. The van der Waals surface area contributed by atoms with Crippen LogP contribution in [0.5, 0.6) is 0 Å². The van der Waals surface area contributed by atoms with Gasteiger partial charge in [-0.05, 0) is 90.7 Å². The summed E-state index contributed by atoms with van der Waals surface area (Å²) in [6, 6.07) is 16.5. The quantitative estimate of drug-likeness (QED) is 0.103. The second-order valence-electron chi connectivity index (χ2n) is 12.8. The number of nitrogens with one attached hydrogen (secondary N) is 1. The van der Waals surface area contributed by atoms with Crippen molar-refractivity contribution >= 4 is 40.3 Å². The molecular formula is C41H56F4N4O4S. The van der Waals surface area contributed by atoms with E-state index in [1.807, 2.05) is 52.2 Å². The smallest absolute Gasteiger partial charge is 0.416 e. The average Bonchev–Trinajstić information content (AvgIpc) is 3.47. The maximum absolute atomic E-state index is 14.6. The lowest BCUT2D eigenvalue weighted by Gasteiger charge is -2.41. The summed E-state index contributed by atoms with van der Waals surface area (Å²) in [6.45, 7) is 12.2. The van der Waals surface area contributed by atoms with Crippen LogP contribution in [0.15, 0.2) is 77.9 Å². The summed E-state index contributed by atoms with van der Waals surface area (Å²) < 4.78 is 72.0. The summed E-state index contributed by atoms with van der Waals surface area (Å²) in [5.74, 6) is -1.18. The number of aryl methyl sites for hydroxylation is 2. The number of allylic oxidation sites excluding steroid dienone is 1. The molecule has 0 radical (unpaired) electrons. The predicted octanol–water partition coefficient (Wildman–Crippen LogP) is 10.5. The van der Waals surface area contributed by atoms with Gasteiger partial charge in [-0.25, -0.2) is 9.37 Å². The number of aromatic nitrogens is 2. The van der Waals surface area contributed by atoms with Crippen LogP contribution < -0.4 is 9.62 Å². The lowest BCUT2D eigenvalue weighted by atomic mass is 9.65. The summed E-state index contributed by atoms with van der Waals surface area (Å²) in [5.41, 5.74) is 2.64. The maximum Gasteiger partial charge on any atom is 0.416 e. The molecule has 4 atom stereocenters. The van der Waals surface area contributed by atoms with Gasteiger partial charge in [0.25, 0.3) is 0 Å². The van der Waals surface area contributed by atoms with Crippen LogP contribution in [0.3, 0.4) is 0 Å². The molecule has 1 N–H and O–H groups in total. The van der Waals surface area contributed by atoms with Gasteiger partial charge in [-0.1, -0.05) is 46.4 Å². The third-order valence-electron chi connectivity index (χ3n) is 8.89. The summed E-state index contributed by atoms with van der Waals surface area (Å²) in [7, 11) is 12.0. The van der Waals surface area contributed by atoms with Crippen molar-refractivity contribution in [2.45, 2.75) is 63.9 Å². The Morgan fingerprint density at radius 3 is 2.15 bits per heavy atom. The minimum atomic E-state index is -4.69. The molecule has 54 heavy (non-hydrogen) atoms. The molecule has 1 fully saturated rings. The molecule has 1 saturated carbocycles. The Bertz CT molecular complexity index is 1780. The molecule has 8 nitrogen and oxygen atoms in total. The van der Waals surface area contributed by atoms with Crippen molar-refractivity contribution in [3.8, 4) is 0 Å².